The second kappa shape index (κ2) is 9.25. The van der Waals surface area contributed by atoms with Gasteiger partial charge in [0.2, 0.25) is 0 Å². The van der Waals surface area contributed by atoms with Gasteiger partial charge in [-0.1, -0.05) is 60.7 Å². The van der Waals surface area contributed by atoms with Crippen LogP contribution in [0.25, 0.3) is 10.8 Å². The van der Waals surface area contributed by atoms with Crippen molar-refractivity contribution in [3.8, 4) is 5.75 Å². The summed E-state index contributed by atoms with van der Waals surface area (Å²) < 4.78 is 7.87. The largest absolute Gasteiger partial charge is 0.487 e. The molecule has 0 aromatic heterocycles. The first-order valence-corrected chi connectivity index (χ1v) is 10.7. The molecule has 0 aliphatic carbocycles. The van der Waals surface area contributed by atoms with Gasteiger partial charge in [-0.2, -0.15) is 5.10 Å². The van der Waals surface area contributed by atoms with Crippen LogP contribution in [0, 0.1) is 0 Å². The van der Waals surface area contributed by atoms with E-state index in [4.69, 9.17) is 4.74 Å². The van der Waals surface area contributed by atoms with Crippen LogP contribution in [0.15, 0.2) is 99.0 Å². The first-order chi connectivity index (χ1) is 14.2. The van der Waals surface area contributed by atoms with E-state index in [1.54, 1.807) is 6.21 Å². The highest BCUT2D eigenvalue weighted by atomic mass is 79.9. The van der Waals surface area contributed by atoms with Crippen molar-refractivity contribution < 1.29 is 4.74 Å². The van der Waals surface area contributed by atoms with E-state index in [1.807, 2.05) is 48.5 Å². The van der Waals surface area contributed by atoms with Gasteiger partial charge in [-0.25, -0.2) is 0 Å². The molecule has 5 heteroatoms. The van der Waals surface area contributed by atoms with Gasteiger partial charge in [0.05, 0.1) is 20.8 Å². The summed E-state index contributed by atoms with van der Waals surface area (Å²) in [6, 6.07) is 28.4. The van der Waals surface area contributed by atoms with Gasteiger partial charge in [-0.05, 0) is 78.0 Å². The number of nitrogens with zero attached hydrogens (tertiary/aromatic N) is 1. The molecule has 0 spiro atoms. The summed E-state index contributed by atoms with van der Waals surface area (Å²) in [5, 5.41) is 6.71. The topological polar surface area (TPSA) is 33.6 Å². The molecule has 0 atom stereocenters. The Bertz CT molecular complexity index is 1130. The van der Waals surface area contributed by atoms with Crippen molar-refractivity contribution in [1.29, 1.82) is 0 Å². The lowest BCUT2D eigenvalue weighted by Crippen LogP contribution is -1.99. The maximum absolute atomic E-state index is 6.14. The molecule has 3 nitrogen and oxygen atoms in total. The Morgan fingerprint density at radius 1 is 0.828 bits per heavy atom. The SMILES string of the molecule is Brc1cc(/C=N\Nc2ccccc2)cc(Br)c1OCc1cccc2ccccc12. The average Bonchev–Trinajstić information content (AvgIpc) is 2.74. The first kappa shape index (κ1) is 19.7. The highest BCUT2D eigenvalue weighted by molar-refractivity contribution is 9.11. The molecule has 0 fully saturated rings. The standard InChI is InChI=1S/C24H18Br2N2O/c25-22-13-17(15-27-28-20-10-2-1-3-11-20)14-23(26)24(22)29-16-19-9-6-8-18-7-4-5-12-21(18)19/h1-15,28H,16H2/b27-15-. The van der Waals surface area contributed by atoms with Crippen LogP contribution < -0.4 is 10.2 Å². The lowest BCUT2D eigenvalue weighted by molar-refractivity contribution is 0.303. The minimum absolute atomic E-state index is 0.488. The molecule has 144 valence electrons. The van der Waals surface area contributed by atoms with E-state index in [0.29, 0.717) is 6.61 Å². The Kier molecular flexibility index (Phi) is 6.27. The smallest absolute Gasteiger partial charge is 0.148 e. The van der Waals surface area contributed by atoms with Gasteiger partial charge in [0, 0.05) is 0 Å². The Hall–Kier alpha value is -2.63. The summed E-state index contributed by atoms with van der Waals surface area (Å²) in [6.45, 7) is 0.488. The van der Waals surface area contributed by atoms with Crippen molar-refractivity contribution in [3.05, 3.63) is 105 Å². The van der Waals surface area contributed by atoms with E-state index in [2.05, 4.69) is 78.8 Å². The van der Waals surface area contributed by atoms with Gasteiger partial charge in [-0.3, -0.25) is 5.43 Å². The number of halogens is 2. The molecule has 0 unspecified atom stereocenters. The Morgan fingerprint density at radius 2 is 1.52 bits per heavy atom. The zero-order valence-electron chi connectivity index (χ0n) is 15.5. The molecule has 0 aliphatic heterocycles. The third kappa shape index (κ3) is 4.86. The molecule has 29 heavy (non-hydrogen) atoms. The summed E-state index contributed by atoms with van der Waals surface area (Å²) >= 11 is 7.24. The van der Waals surface area contributed by atoms with Gasteiger partial charge in [0.15, 0.2) is 0 Å². The van der Waals surface area contributed by atoms with E-state index in [0.717, 1.165) is 31.5 Å². The zero-order valence-corrected chi connectivity index (χ0v) is 18.7. The molecule has 1 N–H and O–H groups in total. The number of benzene rings is 4. The number of ether oxygens (including phenoxy) is 1. The van der Waals surface area contributed by atoms with Crippen LogP contribution in [0.4, 0.5) is 5.69 Å². The van der Waals surface area contributed by atoms with Crippen molar-refractivity contribution >= 4 is 54.5 Å². The molecule has 0 amide bonds. The van der Waals surface area contributed by atoms with Crippen LogP contribution in [0.2, 0.25) is 0 Å². The number of anilines is 1. The molecule has 0 radical (unpaired) electrons. The van der Waals surface area contributed by atoms with Gasteiger partial charge < -0.3 is 4.74 Å². The predicted molar refractivity (Wildman–Crippen MR) is 128 cm³/mol. The number of hydrogen-bond donors (Lipinski definition) is 1. The van der Waals surface area contributed by atoms with E-state index in [-0.39, 0.29) is 0 Å². The third-order valence-corrected chi connectivity index (χ3v) is 5.63. The lowest BCUT2D eigenvalue weighted by Gasteiger charge is -2.13. The summed E-state index contributed by atoms with van der Waals surface area (Å²) in [6.07, 6.45) is 1.77. The van der Waals surface area contributed by atoms with Crippen LogP contribution in [-0.2, 0) is 6.61 Å². The van der Waals surface area contributed by atoms with Crippen molar-refractivity contribution in [2.24, 2.45) is 5.10 Å². The molecule has 0 heterocycles. The van der Waals surface area contributed by atoms with E-state index >= 15 is 0 Å². The zero-order chi connectivity index (χ0) is 20.1. The van der Waals surface area contributed by atoms with Crippen LogP contribution in [0.5, 0.6) is 5.75 Å². The predicted octanol–water partition coefficient (Wildman–Crippen LogP) is 7.39. The van der Waals surface area contributed by atoms with Crippen LogP contribution >= 0.6 is 31.9 Å². The maximum Gasteiger partial charge on any atom is 0.148 e. The van der Waals surface area contributed by atoms with Crippen molar-refractivity contribution in [1.82, 2.24) is 0 Å². The Balaban J connectivity index is 1.48. The normalized spacial score (nSPS) is 11.1. The number of para-hydroxylation sites is 1. The fourth-order valence-corrected chi connectivity index (χ4v) is 4.51. The number of hydrogen-bond acceptors (Lipinski definition) is 3. The van der Waals surface area contributed by atoms with Crippen LogP contribution in [-0.4, -0.2) is 6.21 Å². The molecule has 4 aromatic rings. The number of fused-ring (bicyclic) bond motifs is 1. The monoisotopic (exact) mass is 508 g/mol. The van der Waals surface area contributed by atoms with Gasteiger partial charge >= 0.3 is 0 Å². The number of hydrazone groups is 1. The molecular weight excluding hydrogens is 492 g/mol. The second-order valence-electron chi connectivity index (χ2n) is 6.48. The van der Waals surface area contributed by atoms with Gasteiger partial charge in [0.25, 0.3) is 0 Å². The van der Waals surface area contributed by atoms with E-state index in [1.165, 1.54) is 10.8 Å². The van der Waals surface area contributed by atoms with Crippen LogP contribution in [0.3, 0.4) is 0 Å². The number of rotatable bonds is 6. The molecular formula is C24H18Br2N2O. The molecule has 0 bridgehead atoms. The lowest BCUT2D eigenvalue weighted by atomic mass is 10.1. The molecule has 0 saturated carbocycles. The van der Waals surface area contributed by atoms with Gasteiger partial charge in [-0.15, -0.1) is 0 Å². The summed E-state index contributed by atoms with van der Waals surface area (Å²) in [4.78, 5) is 0. The highest BCUT2D eigenvalue weighted by Crippen LogP contribution is 2.35. The van der Waals surface area contributed by atoms with E-state index in [9.17, 15) is 0 Å². The van der Waals surface area contributed by atoms with Crippen molar-refractivity contribution in [3.63, 3.8) is 0 Å². The van der Waals surface area contributed by atoms with Gasteiger partial charge in [0.1, 0.15) is 12.4 Å². The molecule has 4 aromatic carbocycles. The minimum Gasteiger partial charge on any atom is -0.487 e. The third-order valence-electron chi connectivity index (χ3n) is 4.45. The van der Waals surface area contributed by atoms with Crippen LogP contribution in [0.1, 0.15) is 11.1 Å². The quantitative estimate of drug-likeness (QED) is 0.217. The minimum atomic E-state index is 0.488. The average molecular weight is 510 g/mol. The first-order valence-electron chi connectivity index (χ1n) is 9.13. The fourth-order valence-electron chi connectivity index (χ4n) is 3.05. The van der Waals surface area contributed by atoms with Crippen molar-refractivity contribution in [2.75, 3.05) is 5.43 Å². The second-order valence-corrected chi connectivity index (χ2v) is 8.19. The maximum atomic E-state index is 6.14. The summed E-state index contributed by atoms with van der Waals surface area (Å²) in [7, 11) is 0. The summed E-state index contributed by atoms with van der Waals surface area (Å²) in [5.41, 5.74) is 6.06. The molecule has 0 aliphatic rings. The van der Waals surface area contributed by atoms with Crippen molar-refractivity contribution in [2.45, 2.75) is 6.61 Å². The number of nitrogens with one attached hydrogen (secondary N) is 1. The molecule has 4 rings (SSSR count). The summed E-state index contributed by atoms with van der Waals surface area (Å²) in [5.74, 6) is 0.770. The fraction of sp³-hybridized carbons (Fsp3) is 0.0417. The Labute approximate surface area is 186 Å². The molecule has 0 saturated heterocycles. The highest BCUT2D eigenvalue weighted by Gasteiger charge is 2.10. The Morgan fingerprint density at radius 3 is 2.31 bits per heavy atom. The van der Waals surface area contributed by atoms with E-state index < -0.39 is 0 Å².